The van der Waals surface area contributed by atoms with Crippen LogP contribution in [0, 0.1) is 0 Å². The van der Waals surface area contributed by atoms with Crippen molar-refractivity contribution < 1.29 is 18.7 Å². The van der Waals surface area contributed by atoms with Crippen LogP contribution in [0.5, 0.6) is 5.75 Å². The van der Waals surface area contributed by atoms with Gasteiger partial charge in [-0.05, 0) is 19.1 Å². The van der Waals surface area contributed by atoms with Crippen molar-refractivity contribution in [2.75, 3.05) is 0 Å². The summed E-state index contributed by atoms with van der Waals surface area (Å²) < 4.78 is 24.7. The van der Waals surface area contributed by atoms with Crippen molar-refractivity contribution >= 4 is 21.7 Å². The van der Waals surface area contributed by atoms with Gasteiger partial charge in [0.15, 0.2) is 5.78 Å². The summed E-state index contributed by atoms with van der Waals surface area (Å²) in [6, 6.07) is 2.30. The molecule has 0 saturated carbocycles. The van der Waals surface area contributed by atoms with Gasteiger partial charge in [0.05, 0.1) is 5.56 Å². The summed E-state index contributed by atoms with van der Waals surface area (Å²) in [6.45, 7) is 1.29. The highest BCUT2D eigenvalue weighted by Crippen LogP contribution is 2.35. The van der Waals surface area contributed by atoms with Gasteiger partial charge in [-0.3, -0.25) is 4.79 Å². The molecule has 0 unspecified atom stereocenters. The van der Waals surface area contributed by atoms with Crippen LogP contribution in [0.3, 0.4) is 0 Å². The number of carbonyl (C=O) groups is 1. The van der Waals surface area contributed by atoms with Crippen LogP contribution >= 0.6 is 15.9 Å². The molecule has 0 aliphatic rings. The van der Waals surface area contributed by atoms with Crippen molar-refractivity contribution in [3.63, 3.8) is 0 Å². The number of hydrogen-bond donors (Lipinski definition) is 1. The molecule has 14 heavy (non-hydrogen) atoms. The Labute approximate surface area is 87.7 Å². The normalized spacial score (nSPS) is 10.6. The number of carbonyl (C=O) groups excluding carboxylic acids is 1. The molecule has 1 aromatic rings. The van der Waals surface area contributed by atoms with Crippen LogP contribution in [-0.4, -0.2) is 10.9 Å². The monoisotopic (exact) mass is 264 g/mol. The van der Waals surface area contributed by atoms with Crippen molar-refractivity contribution in [3.05, 3.63) is 27.7 Å². The van der Waals surface area contributed by atoms with Gasteiger partial charge in [0, 0.05) is 10.0 Å². The molecular weight excluding hydrogens is 258 g/mol. The molecule has 0 heterocycles. The van der Waals surface area contributed by atoms with Gasteiger partial charge in [-0.15, -0.1) is 0 Å². The first-order chi connectivity index (χ1) is 6.43. The van der Waals surface area contributed by atoms with Gasteiger partial charge in [0.2, 0.25) is 0 Å². The molecule has 0 aliphatic heterocycles. The summed E-state index contributed by atoms with van der Waals surface area (Å²) in [5.41, 5.74) is -0.297. The Morgan fingerprint density at radius 3 is 2.43 bits per heavy atom. The van der Waals surface area contributed by atoms with Gasteiger partial charge in [0.25, 0.3) is 6.43 Å². The number of phenolic OH excluding ortho intramolecular Hbond substituents is 1. The van der Waals surface area contributed by atoms with E-state index in [1.54, 1.807) is 0 Å². The number of phenols is 1. The Kier molecular flexibility index (Phi) is 3.21. The largest absolute Gasteiger partial charge is 0.507 e. The zero-order chi connectivity index (χ0) is 10.9. The van der Waals surface area contributed by atoms with E-state index in [0.717, 1.165) is 6.07 Å². The molecule has 2 nitrogen and oxygen atoms in total. The first-order valence-corrected chi connectivity index (χ1v) is 4.54. The molecule has 1 rings (SSSR count). The maximum absolute atomic E-state index is 12.3. The van der Waals surface area contributed by atoms with Gasteiger partial charge in [-0.1, -0.05) is 15.9 Å². The predicted molar refractivity (Wildman–Crippen MR) is 50.8 cm³/mol. The van der Waals surface area contributed by atoms with Crippen LogP contribution in [-0.2, 0) is 0 Å². The fraction of sp³-hybridized carbons (Fsp3) is 0.222. The number of halogens is 3. The zero-order valence-electron chi connectivity index (χ0n) is 7.22. The zero-order valence-corrected chi connectivity index (χ0v) is 8.81. The molecule has 0 atom stereocenters. The summed E-state index contributed by atoms with van der Waals surface area (Å²) in [6.07, 6.45) is -2.77. The smallest absolute Gasteiger partial charge is 0.268 e. The highest BCUT2D eigenvalue weighted by atomic mass is 79.9. The molecular formula is C9H7BrF2O2. The molecule has 1 aromatic carbocycles. The molecule has 0 bridgehead atoms. The van der Waals surface area contributed by atoms with E-state index >= 15 is 0 Å². The lowest BCUT2D eigenvalue weighted by molar-refractivity contribution is 0.101. The van der Waals surface area contributed by atoms with E-state index in [4.69, 9.17) is 0 Å². The minimum Gasteiger partial charge on any atom is -0.507 e. The van der Waals surface area contributed by atoms with E-state index in [1.807, 2.05) is 0 Å². The second-order valence-electron chi connectivity index (χ2n) is 2.75. The van der Waals surface area contributed by atoms with E-state index in [0.29, 0.717) is 0 Å². The maximum Gasteiger partial charge on any atom is 0.268 e. The molecule has 0 aliphatic carbocycles. The number of rotatable bonds is 2. The summed E-state index contributed by atoms with van der Waals surface area (Å²) in [5, 5.41) is 9.23. The predicted octanol–water partition coefficient (Wildman–Crippen LogP) is 3.29. The molecule has 0 radical (unpaired) electrons. The second-order valence-corrected chi connectivity index (χ2v) is 3.60. The highest BCUT2D eigenvalue weighted by Gasteiger charge is 2.18. The van der Waals surface area contributed by atoms with Crippen LogP contribution in [0.4, 0.5) is 8.78 Å². The first-order valence-electron chi connectivity index (χ1n) is 3.75. The number of hydrogen-bond acceptors (Lipinski definition) is 2. The van der Waals surface area contributed by atoms with Crippen LogP contribution in [0.2, 0.25) is 0 Å². The fourth-order valence-electron chi connectivity index (χ4n) is 1.02. The van der Waals surface area contributed by atoms with E-state index < -0.39 is 17.7 Å². The van der Waals surface area contributed by atoms with Gasteiger partial charge in [-0.25, -0.2) is 8.78 Å². The standard InChI is InChI=1S/C9H7BrF2O2/c1-4(13)5-2-6(10)8(9(11)12)7(14)3-5/h2-3,9,14H,1H3. The Morgan fingerprint density at radius 1 is 1.50 bits per heavy atom. The Morgan fingerprint density at radius 2 is 2.07 bits per heavy atom. The average Bonchev–Trinajstić information content (AvgIpc) is 2.01. The van der Waals surface area contributed by atoms with Crippen LogP contribution in [0.25, 0.3) is 0 Å². The molecule has 0 fully saturated rings. The van der Waals surface area contributed by atoms with E-state index in [-0.39, 0.29) is 15.8 Å². The van der Waals surface area contributed by atoms with Gasteiger partial charge < -0.3 is 5.11 Å². The highest BCUT2D eigenvalue weighted by molar-refractivity contribution is 9.10. The van der Waals surface area contributed by atoms with Crippen molar-refractivity contribution in [1.82, 2.24) is 0 Å². The number of ketones is 1. The van der Waals surface area contributed by atoms with E-state index in [1.165, 1.54) is 13.0 Å². The Hall–Kier alpha value is -0.970. The van der Waals surface area contributed by atoms with Crippen molar-refractivity contribution in [3.8, 4) is 5.75 Å². The minimum atomic E-state index is -2.77. The van der Waals surface area contributed by atoms with Crippen molar-refractivity contribution in [1.29, 1.82) is 0 Å². The number of benzene rings is 1. The molecule has 5 heteroatoms. The third-order valence-electron chi connectivity index (χ3n) is 1.73. The van der Waals surface area contributed by atoms with Crippen LogP contribution < -0.4 is 0 Å². The van der Waals surface area contributed by atoms with Crippen LogP contribution in [0.15, 0.2) is 16.6 Å². The number of alkyl halides is 2. The molecule has 1 N–H and O–H groups in total. The van der Waals surface area contributed by atoms with Gasteiger partial charge in [-0.2, -0.15) is 0 Å². The van der Waals surface area contributed by atoms with Crippen LogP contribution in [0.1, 0.15) is 29.3 Å². The SMILES string of the molecule is CC(=O)c1cc(O)c(C(F)F)c(Br)c1. The lowest BCUT2D eigenvalue weighted by atomic mass is 10.1. The maximum atomic E-state index is 12.3. The molecule has 0 amide bonds. The average molecular weight is 265 g/mol. The Balaban J connectivity index is 3.32. The summed E-state index contributed by atoms with van der Waals surface area (Å²) >= 11 is 2.87. The Bertz CT molecular complexity index is 354. The minimum absolute atomic E-state index is 0.0395. The van der Waals surface area contributed by atoms with Crippen molar-refractivity contribution in [2.45, 2.75) is 13.3 Å². The molecule has 0 spiro atoms. The summed E-state index contributed by atoms with van der Waals surface area (Å²) in [4.78, 5) is 10.9. The molecule has 76 valence electrons. The summed E-state index contributed by atoms with van der Waals surface area (Å²) in [5.74, 6) is -0.860. The lowest BCUT2D eigenvalue weighted by Gasteiger charge is -2.07. The fourth-order valence-corrected chi connectivity index (χ4v) is 1.65. The van der Waals surface area contributed by atoms with Gasteiger partial charge >= 0.3 is 0 Å². The topological polar surface area (TPSA) is 37.3 Å². The molecule has 0 saturated heterocycles. The summed E-state index contributed by atoms with van der Waals surface area (Å²) in [7, 11) is 0. The van der Waals surface area contributed by atoms with Crippen molar-refractivity contribution in [2.24, 2.45) is 0 Å². The van der Waals surface area contributed by atoms with Gasteiger partial charge in [0.1, 0.15) is 5.75 Å². The lowest BCUT2D eigenvalue weighted by Crippen LogP contribution is -1.95. The molecule has 0 aromatic heterocycles. The first kappa shape index (κ1) is 11.1. The third-order valence-corrected chi connectivity index (χ3v) is 2.39. The van der Waals surface area contributed by atoms with E-state index in [9.17, 15) is 18.7 Å². The quantitative estimate of drug-likeness (QED) is 0.833. The number of aromatic hydroxyl groups is 1. The second kappa shape index (κ2) is 4.04. The van der Waals surface area contributed by atoms with E-state index in [2.05, 4.69) is 15.9 Å². The number of Topliss-reactive ketones (excluding diaryl/α,β-unsaturated/α-hetero) is 1. The third kappa shape index (κ3) is 2.09.